The lowest BCUT2D eigenvalue weighted by molar-refractivity contribution is -0.428. The Morgan fingerprint density at radius 1 is 0.455 bits per heavy atom. The fourth-order valence-corrected chi connectivity index (χ4v) is 1.15. The average Bonchev–Trinajstić information content (AvgIpc) is 2.35. The average molecular weight is 354 g/mol. The zero-order chi connectivity index (χ0) is 18.4. The van der Waals surface area contributed by atoms with Gasteiger partial charge in [-0.05, 0) is 12.2 Å². The number of hydrogen-bond donors (Lipinski definition) is 0. The second-order valence-electron chi connectivity index (χ2n) is 3.97. The van der Waals surface area contributed by atoms with Crippen molar-refractivity contribution >= 4 is 0 Å². The Morgan fingerprint density at radius 2 is 0.727 bits per heavy atom. The molecule has 0 amide bonds. The third-order valence-electron chi connectivity index (χ3n) is 2.61. The number of hydrogen-bond acceptors (Lipinski definition) is 0. The van der Waals surface area contributed by atoms with Crippen LogP contribution >= 0.6 is 0 Å². The molecular weight excluding hydrogens is 348 g/mol. The third kappa shape index (κ3) is 2.35. The second-order valence-corrected chi connectivity index (χ2v) is 3.97. The molecule has 0 saturated heterocycles. The zero-order valence-corrected chi connectivity index (χ0v) is 10.1. The van der Waals surface area contributed by atoms with Crippen LogP contribution in [0.3, 0.4) is 0 Å². The van der Waals surface area contributed by atoms with Crippen molar-refractivity contribution in [1.29, 1.82) is 0 Å². The Balaban J connectivity index is 6.34. The van der Waals surface area contributed by atoms with Gasteiger partial charge < -0.3 is 0 Å². The molecule has 0 aliphatic carbocycles. The molecule has 0 saturated carbocycles. The third-order valence-corrected chi connectivity index (χ3v) is 2.61. The minimum Gasteiger partial charge on any atom is -0.228 e. The molecule has 0 radical (unpaired) electrons. The van der Waals surface area contributed by atoms with Crippen molar-refractivity contribution < 1.29 is 52.7 Å². The van der Waals surface area contributed by atoms with Crippen LogP contribution in [0, 0.1) is 0 Å². The summed E-state index contributed by atoms with van der Waals surface area (Å²) in [6.07, 6.45) is -8.66. The van der Waals surface area contributed by atoms with Crippen LogP contribution in [0.4, 0.5) is 52.7 Å². The van der Waals surface area contributed by atoms with E-state index >= 15 is 0 Å². The lowest BCUT2D eigenvalue weighted by atomic mass is 9.87. The van der Waals surface area contributed by atoms with Crippen molar-refractivity contribution in [3.05, 3.63) is 25.3 Å². The van der Waals surface area contributed by atoms with Crippen molar-refractivity contribution in [2.75, 3.05) is 0 Å². The van der Waals surface area contributed by atoms with E-state index in [1.54, 1.807) is 0 Å². The van der Waals surface area contributed by atoms with E-state index in [0.717, 1.165) is 0 Å². The Kier molecular flexibility index (Phi) is 4.77. The van der Waals surface area contributed by atoms with E-state index < -0.39 is 47.7 Å². The van der Waals surface area contributed by atoms with E-state index in [0.29, 0.717) is 0 Å². The van der Waals surface area contributed by atoms with Crippen molar-refractivity contribution in [2.45, 2.75) is 35.5 Å². The molecule has 0 aliphatic rings. The number of halogens is 12. The van der Waals surface area contributed by atoms with Crippen LogP contribution in [-0.2, 0) is 0 Å². The predicted molar refractivity (Wildman–Crippen MR) is 50.1 cm³/mol. The van der Waals surface area contributed by atoms with Crippen LogP contribution in [0.1, 0.15) is 0 Å². The van der Waals surface area contributed by atoms with E-state index in [9.17, 15) is 52.7 Å². The summed E-state index contributed by atoms with van der Waals surface area (Å²) in [7, 11) is 0. The van der Waals surface area contributed by atoms with Gasteiger partial charge in [0.1, 0.15) is 0 Å². The highest BCUT2D eigenvalue weighted by Gasteiger charge is 2.89. The van der Waals surface area contributed by atoms with Crippen LogP contribution in [0.15, 0.2) is 25.3 Å². The smallest absolute Gasteiger partial charge is 0.228 e. The van der Waals surface area contributed by atoms with Gasteiger partial charge in [0.2, 0.25) is 5.67 Å². The van der Waals surface area contributed by atoms with E-state index in [1.165, 1.54) is 0 Å². The largest absolute Gasteiger partial charge is 0.460 e. The van der Waals surface area contributed by atoms with Crippen molar-refractivity contribution in [2.24, 2.45) is 0 Å². The van der Waals surface area contributed by atoms with Gasteiger partial charge in [-0.15, -0.1) is 0 Å². The van der Waals surface area contributed by atoms with E-state index in [4.69, 9.17) is 0 Å². The van der Waals surface area contributed by atoms with E-state index in [2.05, 4.69) is 13.2 Å². The zero-order valence-electron chi connectivity index (χ0n) is 10.1. The van der Waals surface area contributed by atoms with Crippen molar-refractivity contribution in [3.63, 3.8) is 0 Å². The highest BCUT2D eigenvalue weighted by Crippen LogP contribution is 2.60. The number of allylic oxidation sites excluding steroid dienone is 2. The van der Waals surface area contributed by atoms with Gasteiger partial charge in [0.05, 0.1) is 0 Å². The summed E-state index contributed by atoms with van der Waals surface area (Å²) in [4.78, 5) is 0. The fourth-order valence-electron chi connectivity index (χ4n) is 1.15. The Labute approximate surface area is 115 Å². The van der Waals surface area contributed by atoms with Gasteiger partial charge in [0.15, 0.2) is 0 Å². The molecule has 0 heterocycles. The van der Waals surface area contributed by atoms with Gasteiger partial charge in [-0.1, -0.05) is 13.2 Å². The molecule has 0 atom stereocenters. The van der Waals surface area contributed by atoms with Gasteiger partial charge in [0, 0.05) is 0 Å². The standard InChI is InChI=1S/C10H6F12/c1-3-5(11,4-2)6(12,13)7(14,15)8(16,17)9(18,19)10(20,21)22/h3-4H,1-2H2. The van der Waals surface area contributed by atoms with Crippen molar-refractivity contribution in [1.82, 2.24) is 0 Å². The highest BCUT2D eigenvalue weighted by molar-refractivity contribution is 5.23. The molecule has 12 heteroatoms. The molecule has 0 bridgehead atoms. The van der Waals surface area contributed by atoms with E-state index in [1.807, 2.05) is 0 Å². The molecule has 22 heavy (non-hydrogen) atoms. The number of alkyl halides is 12. The molecule has 0 N–H and O–H groups in total. The molecule has 0 spiro atoms. The van der Waals surface area contributed by atoms with E-state index in [-0.39, 0.29) is 0 Å². The normalized spacial score (nSPS) is 15.6. The first-order valence-corrected chi connectivity index (χ1v) is 4.91. The molecule has 0 aromatic heterocycles. The van der Waals surface area contributed by atoms with Crippen LogP contribution in [0.25, 0.3) is 0 Å². The van der Waals surface area contributed by atoms with Gasteiger partial charge in [-0.3, -0.25) is 0 Å². The maximum Gasteiger partial charge on any atom is 0.460 e. The maximum atomic E-state index is 13.4. The molecule has 0 aromatic rings. The molecule has 130 valence electrons. The Bertz CT molecular complexity index is 435. The molecule has 0 rings (SSSR count). The molecule has 0 aromatic carbocycles. The summed E-state index contributed by atoms with van der Waals surface area (Å²) in [6, 6.07) is 0. The summed E-state index contributed by atoms with van der Waals surface area (Å²) in [5, 5.41) is 0. The van der Waals surface area contributed by atoms with Crippen LogP contribution < -0.4 is 0 Å². The minimum atomic E-state index is -7.66. The molecular formula is C10H6F12. The summed E-state index contributed by atoms with van der Waals surface area (Å²) in [5.74, 6) is -29.4. The summed E-state index contributed by atoms with van der Waals surface area (Å²) in [5.41, 5.74) is -4.87. The molecule has 0 nitrogen and oxygen atoms in total. The van der Waals surface area contributed by atoms with Crippen LogP contribution in [-0.4, -0.2) is 35.5 Å². The van der Waals surface area contributed by atoms with Crippen LogP contribution in [0.2, 0.25) is 0 Å². The molecule has 0 unspecified atom stereocenters. The quantitative estimate of drug-likeness (QED) is 0.456. The highest BCUT2D eigenvalue weighted by atomic mass is 19.4. The SMILES string of the molecule is C=CC(F)(C=C)C(F)(F)C(F)(F)C(F)(F)C(F)(F)C(F)(F)F. The Hall–Kier alpha value is -1.36. The van der Waals surface area contributed by atoms with Gasteiger partial charge in [0.25, 0.3) is 0 Å². The minimum absolute atomic E-state index is 0.685. The maximum absolute atomic E-state index is 13.4. The first-order chi connectivity index (χ1) is 9.37. The first kappa shape index (κ1) is 20.6. The molecule has 0 fully saturated rings. The predicted octanol–water partition coefficient (Wildman–Crippen LogP) is 5.17. The fraction of sp³-hybridized carbons (Fsp3) is 0.600. The lowest BCUT2D eigenvalue weighted by Crippen LogP contribution is -2.70. The Morgan fingerprint density at radius 3 is 0.955 bits per heavy atom. The van der Waals surface area contributed by atoms with Crippen molar-refractivity contribution in [3.8, 4) is 0 Å². The van der Waals surface area contributed by atoms with Crippen LogP contribution in [0.5, 0.6) is 0 Å². The monoisotopic (exact) mass is 354 g/mol. The summed E-state index contributed by atoms with van der Waals surface area (Å²) in [6.45, 7) is 4.52. The lowest BCUT2D eigenvalue weighted by Gasteiger charge is -2.40. The first-order valence-electron chi connectivity index (χ1n) is 4.91. The second kappa shape index (κ2) is 5.08. The number of rotatable bonds is 6. The van der Waals surface area contributed by atoms with Gasteiger partial charge in [-0.2, -0.15) is 48.3 Å². The van der Waals surface area contributed by atoms with Gasteiger partial charge in [-0.25, -0.2) is 4.39 Å². The van der Waals surface area contributed by atoms with Gasteiger partial charge >= 0.3 is 29.9 Å². The molecule has 0 aliphatic heterocycles. The summed E-state index contributed by atoms with van der Waals surface area (Å²) >= 11 is 0. The summed E-state index contributed by atoms with van der Waals surface area (Å²) < 4.78 is 152. The topological polar surface area (TPSA) is 0 Å².